The fourth-order valence-electron chi connectivity index (χ4n) is 1.80. The van der Waals surface area contributed by atoms with Gasteiger partial charge in [0.15, 0.2) is 0 Å². The van der Waals surface area contributed by atoms with Crippen LogP contribution in [0.3, 0.4) is 0 Å². The number of rotatable bonds is 8. The summed E-state index contributed by atoms with van der Waals surface area (Å²) in [5, 5.41) is 7.61. The summed E-state index contributed by atoms with van der Waals surface area (Å²) in [6.07, 6.45) is 2.03. The number of ketones is 1. The van der Waals surface area contributed by atoms with Crippen molar-refractivity contribution in [1.29, 1.82) is 0 Å². The van der Waals surface area contributed by atoms with E-state index in [0.29, 0.717) is 12.8 Å². The van der Waals surface area contributed by atoms with Crippen molar-refractivity contribution in [3.8, 4) is 0 Å². The number of hydrogen-bond donors (Lipinski definition) is 1. The number of carbonyl (C=O) groups excluding carboxylic acids is 1. The van der Waals surface area contributed by atoms with Gasteiger partial charge in [-0.25, -0.2) is 0 Å². The first-order valence-corrected chi connectivity index (χ1v) is 6.49. The van der Waals surface area contributed by atoms with Crippen molar-refractivity contribution in [1.82, 2.24) is 15.1 Å². The molecule has 1 aromatic rings. The lowest BCUT2D eigenvalue weighted by Crippen LogP contribution is -2.19. The molecule has 1 aromatic heterocycles. The maximum Gasteiger partial charge on any atom is 0.140 e. The lowest BCUT2D eigenvalue weighted by Gasteiger charge is -2.04. The van der Waals surface area contributed by atoms with Crippen LogP contribution in [0.5, 0.6) is 0 Å². The highest BCUT2D eigenvalue weighted by atomic mass is 16.1. The third kappa shape index (κ3) is 4.30. The van der Waals surface area contributed by atoms with Crippen LogP contribution in [0, 0.1) is 0 Å². The first-order chi connectivity index (χ1) is 8.21. The second-order valence-corrected chi connectivity index (χ2v) is 4.12. The molecule has 0 saturated carbocycles. The maximum absolute atomic E-state index is 11.8. The van der Waals surface area contributed by atoms with Crippen molar-refractivity contribution in [2.75, 3.05) is 13.1 Å². The van der Waals surface area contributed by atoms with Gasteiger partial charge in [0, 0.05) is 31.6 Å². The van der Waals surface area contributed by atoms with Crippen molar-refractivity contribution < 1.29 is 4.79 Å². The Bertz CT molecular complexity index is 358. The Morgan fingerprint density at radius 3 is 2.76 bits per heavy atom. The minimum atomic E-state index is 0.281. The van der Waals surface area contributed by atoms with E-state index >= 15 is 0 Å². The second-order valence-electron chi connectivity index (χ2n) is 4.12. The molecule has 96 valence electrons. The molecule has 1 rings (SSSR count). The fraction of sp³-hybridized carbons (Fsp3) is 0.692. The molecule has 0 spiro atoms. The summed E-state index contributed by atoms with van der Waals surface area (Å²) in [5.74, 6) is 0.281. The molecule has 17 heavy (non-hydrogen) atoms. The standard InChI is InChI=1S/C13H23N3O/c1-4-11-9-12(16(6-3)15-11)10-13(17)7-8-14-5-2/h9,14H,4-8,10H2,1-3H3. The van der Waals surface area contributed by atoms with Crippen LogP contribution in [0.15, 0.2) is 6.07 Å². The van der Waals surface area contributed by atoms with Crippen molar-refractivity contribution in [3.05, 3.63) is 17.5 Å². The Morgan fingerprint density at radius 1 is 1.41 bits per heavy atom. The monoisotopic (exact) mass is 237 g/mol. The Labute approximate surface area is 103 Å². The molecular weight excluding hydrogens is 214 g/mol. The number of nitrogens with one attached hydrogen (secondary N) is 1. The minimum absolute atomic E-state index is 0.281. The van der Waals surface area contributed by atoms with Gasteiger partial charge in [0.25, 0.3) is 0 Å². The fourth-order valence-corrected chi connectivity index (χ4v) is 1.80. The summed E-state index contributed by atoms with van der Waals surface area (Å²) in [4.78, 5) is 11.8. The van der Waals surface area contributed by atoms with Crippen LogP contribution in [0.25, 0.3) is 0 Å². The highest BCUT2D eigenvalue weighted by molar-refractivity contribution is 5.80. The van der Waals surface area contributed by atoms with E-state index < -0.39 is 0 Å². The topological polar surface area (TPSA) is 46.9 Å². The lowest BCUT2D eigenvalue weighted by atomic mass is 10.1. The first-order valence-electron chi connectivity index (χ1n) is 6.49. The van der Waals surface area contributed by atoms with Gasteiger partial charge in [0.05, 0.1) is 5.69 Å². The summed E-state index contributed by atoms with van der Waals surface area (Å²) in [6, 6.07) is 2.05. The molecule has 0 unspecified atom stereocenters. The number of aryl methyl sites for hydroxylation is 2. The molecular formula is C13H23N3O. The van der Waals surface area contributed by atoms with Crippen LogP contribution in [0.1, 0.15) is 38.6 Å². The van der Waals surface area contributed by atoms with Crippen molar-refractivity contribution in [2.45, 2.75) is 46.6 Å². The van der Waals surface area contributed by atoms with E-state index in [4.69, 9.17) is 0 Å². The Balaban J connectivity index is 2.54. The number of hydrogen-bond acceptors (Lipinski definition) is 3. The van der Waals surface area contributed by atoms with E-state index in [0.717, 1.165) is 37.4 Å². The zero-order valence-corrected chi connectivity index (χ0v) is 11.1. The van der Waals surface area contributed by atoms with Crippen LogP contribution >= 0.6 is 0 Å². The second kappa shape index (κ2) is 7.22. The molecule has 0 amide bonds. The zero-order valence-electron chi connectivity index (χ0n) is 11.1. The van der Waals surface area contributed by atoms with Gasteiger partial charge in [0.2, 0.25) is 0 Å². The van der Waals surface area contributed by atoms with Crippen LogP contribution in [0.2, 0.25) is 0 Å². The quantitative estimate of drug-likeness (QED) is 0.698. The number of aromatic nitrogens is 2. The number of carbonyl (C=O) groups is 1. The van der Waals surface area contributed by atoms with Crippen LogP contribution in [-0.2, 0) is 24.2 Å². The molecule has 4 nitrogen and oxygen atoms in total. The van der Waals surface area contributed by atoms with Gasteiger partial charge < -0.3 is 5.32 Å². The molecule has 0 atom stereocenters. The first kappa shape index (κ1) is 13.9. The predicted octanol–water partition coefficient (Wildman–Crippen LogP) is 1.58. The molecule has 0 aliphatic carbocycles. The molecule has 0 aliphatic rings. The molecule has 0 aromatic carbocycles. The summed E-state index contributed by atoms with van der Waals surface area (Å²) < 4.78 is 1.93. The van der Waals surface area contributed by atoms with E-state index in [-0.39, 0.29) is 5.78 Å². The van der Waals surface area contributed by atoms with Crippen molar-refractivity contribution in [3.63, 3.8) is 0 Å². The normalized spacial score (nSPS) is 10.8. The van der Waals surface area contributed by atoms with Gasteiger partial charge >= 0.3 is 0 Å². The lowest BCUT2D eigenvalue weighted by molar-refractivity contribution is -0.118. The average molecular weight is 237 g/mol. The van der Waals surface area contributed by atoms with E-state index in [1.807, 2.05) is 11.6 Å². The zero-order chi connectivity index (χ0) is 12.7. The Morgan fingerprint density at radius 2 is 2.18 bits per heavy atom. The van der Waals surface area contributed by atoms with Gasteiger partial charge in [-0.3, -0.25) is 9.48 Å². The molecule has 4 heteroatoms. The third-order valence-corrected chi connectivity index (χ3v) is 2.78. The minimum Gasteiger partial charge on any atom is -0.317 e. The molecule has 0 aliphatic heterocycles. The van der Waals surface area contributed by atoms with Crippen LogP contribution < -0.4 is 5.32 Å². The van der Waals surface area contributed by atoms with E-state index in [2.05, 4.69) is 30.3 Å². The summed E-state index contributed by atoms with van der Waals surface area (Å²) in [6.45, 7) is 8.70. The summed E-state index contributed by atoms with van der Waals surface area (Å²) in [7, 11) is 0. The summed E-state index contributed by atoms with van der Waals surface area (Å²) >= 11 is 0. The number of Topliss-reactive ketones (excluding diaryl/α,β-unsaturated/α-hetero) is 1. The summed E-state index contributed by atoms with van der Waals surface area (Å²) in [5.41, 5.74) is 2.12. The van der Waals surface area contributed by atoms with Gasteiger partial charge in [-0.05, 0) is 26.0 Å². The van der Waals surface area contributed by atoms with E-state index in [1.54, 1.807) is 0 Å². The van der Waals surface area contributed by atoms with Gasteiger partial charge in [-0.2, -0.15) is 5.10 Å². The Kier molecular flexibility index (Phi) is 5.91. The average Bonchev–Trinajstić information content (AvgIpc) is 2.71. The molecule has 0 radical (unpaired) electrons. The highest BCUT2D eigenvalue weighted by Gasteiger charge is 2.10. The maximum atomic E-state index is 11.8. The van der Waals surface area contributed by atoms with Crippen molar-refractivity contribution >= 4 is 5.78 Å². The molecule has 1 heterocycles. The van der Waals surface area contributed by atoms with E-state index in [1.165, 1.54) is 0 Å². The molecule has 0 bridgehead atoms. The Hall–Kier alpha value is -1.16. The molecule has 1 N–H and O–H groups in total. The van der Waals surface area contributed by atoms with Crippen molar-refractivity contribution in [2.24, 2.45) is 0 Å². The largest absolute Gasteiger partial charge is 0.317 e. The highest BCUT2D eigenvalue weighted by Crippen LogP contribution is 2.07. The smallest absolute Gasteiger partial charge is 0.140 e. The third-order valence-electron chi connectivity index (χ3n) is 2.78. The van der Waals surface area contributed by atoms with Gasteiger partial charge in [-0.15, -0.1) is 0 Å². The molecule has 0 fully saturated rings. The van der Waals surface area contributed by atoms with Crippen LogP contribution in [0.4, 0.5) is 0 Å². The van der Waals surface area contributed by atoms with Gasteiger partial charge in [0.1, 0.15) is 5.78 Å². The number of nitrogens with zero attached hydrogens (tertiary/aromatic N) is 2. The molecule has 0 saturated heterocycles. The van der Waals surface area contributed by atoms with Gasteiger partial charge in [-0.1, -0.05) is 13.8 Å². The SMILES string of the molecule is CCNCCC(=O)Cc1cc(CC)nn1CC. The predicted molar refractivity (Wildman–Crippen MR) is 69.2 cm³/mol. The van der Waals surface area contributed by atoms with Crippen LogP contribution in [-0.4, -0.2) is 28.7 Å². The van der Waals surface area contributed by atoms with E-state index in [9.17, 15) is 4.79 Å².